The fourth-order valence-corrected chi connectivity index (χ4v) is 5.68. The van der Waals surface area contributed by atoms with Gasteiger partial charge in [-0.05, 0) is 51.0 Å². The molecule has 6 nitrogen and oxygen atoms in total. The second kappa shape index (κ2) is 8.49. The highest BCUT2D eigenvalue weighted by molar-refractivity contribution is 8.00. The van der Waals surface area contributed by atoms with E-state index in [1.165, 1.54) is 22.2 Å². The lowest BCUT2D eigenvalue weighted by Crippen LogP contribution is -2.51. The molecule has 0 saturated heterocycles. The minimum Gasteiger partial charge on any atom is -0.337 e. The van der Waals surface area contributed by atoms with Crippen molar-refractivity contribution in [2.45, 2.75) is 82.8 Å². The molecule has 2 unspecified atom stereocenters. The van der Waals surface area contributed by atoms with Crippen LogP contribution < -0.4 is 10.9 Å². The third-order valence-electron chi connectivity index (χ3n) is 5.66. The number of rotatable bonds is 7. The van der Waals surface area contributed by atoms with Crippen molar-refractivity contribution in [2.24, 2.45) is 5.92 Å². The third-order valence-corrected chi connectivity index (χ3v) is 7.93. The Morgan fingerprint density at radius 3 is 2.76 bits per heavy atom. The first-order chi connectivity index (χ1) is 13.7. The summed E-state index contributed by atoms with van der Waals surface area (Å²) in [5.74, 6) is -0.242. The predicted octanol–water partition coefficient (Wildman–Crippen LogP) is 3.89. The topological polar surface area (TPSA) is 87.8 Å². The molecule has 156 valence electrons. The lowest BCUT2D eigenvalue weighted by molar-refractivity contribution is -0.121. The summed E-state index contributed by atoms with van der Waals surface area (Å²) >= 11 is 2.90. The van der Waals surface area contributed by atoms with E-state index < -0.39 is 10.8 Å². The number of thiophene rings is 1. The van der Waals surface area contributed by atoms with E-state index in [-0.39, 0.29) is 17.4 Å². The van der Waals surface area contributed by atoms with Crippen LogP contribution in [0, 0.1) is 17.2 Å². The van der Waals surface area contributed by atoms with Crippen LogP contribution in [-0.2, 0) is 24.2 Å². The number of hydrogen-bond acceptors (Lipinski definition) is 6. The number of aryl methyl sites for hydroxylation is 2. The molecule has 0 aliphatic heterocycles. The molecule has 3 rings (SSSR count). The van der Waals surface area contributed by atoms with Crippen molar-refractivity contribution in [1.82, 2.24) is 14.9 Å². The summed E-state index contributed by atoms with van der Waals surface area (Å²) in [6.45, 7) is 9.94. The van der Waals surface area contributed by atoms with Gasteiger partial charge in [0.25, 0.3) is 5.56 Å². The molecular formula is C21H28N4O2S2. The number of nitriles is 1. The first kappa shape index (κ1) is 21.8. The first-order valence-corrected chi connectivity index (χ1v) is 11.9. The van der Waals surface area contributed by atoms with Gasteiger partial charge in [-0.15, -0.1) is 11.3 Å². The molecule has 0 radical (unpaired) electrons. The highest BCUT2D eigenvalue weighted by Crippen LogP contribution is 2.36. The lowest BCUT2D eigenvalue weighted by atomic mass is 9.90. The van der Waals surface area contributed by atoms with Gasteiger partial charge in [-0.1, -0.05) is 32.5 Å². The van der Waals surface area contributed by atoms with E-state index in [0.29, 0.717) is 11.7 Å². The molecule has 2 atom stereocenters. The summed E-state index contributed by atoms with van der Waals surface area (Å²) in [5.41, 5.74) is 0.257. The average molecular weight is 433 g/mol. The zero-order chi connectivity index (χ0) is 21.3. The van der Waals surface area contributed by atoms with Gasteiger partial charge in [-0.3, -0.25) is 14.2 Å². The van der Waals surface area contributed by atoms with Crippen molar-refractivity contribution in [3.05, 3.63) is 20.8 Å². The summed E-state index contributed by atoms with van der Waals surface area (Å²) in [6.07, 6.45) is 3.89. The largest absolute Gasteiger partial charge is 0.337 e. The van der Waals surface area contributed by atoms with Crippen LogP contribution in [0.4, 0.5) is 0 Å². The highest BCUT2D eigenvalue weighted by atomic mass is 32.2. The summed E-state index contributed by atoms with van der Waals surface area (Å²) < 4.78 is 1.72. The van der Waals surface area contributed by atoms with Gasteiger partial charge < -0.3 is 5.32 Å². The van der Waals surface area contributed by atoms with E-state index in [0.717, 1.165) is 35.9 Å². The highest BCUT2D eigenvalue weighted by Gasteiger charge is 2.32. The van der Waals surface area contributed by atoms with Crippen molar-refractivity contribution >= 4 is 39.2 Å². The average Bonchev–Trinajstić information content (AvgIpc) is 3.25. The Labute approximate surface area is 179 Å². The molecule has 1 aliphatic carbocycles. The summed E-state index contributed by atoms with van der Waals surface area (Å²) in [5, 5.41) is 13.2. The molecule has 2 heterocycles. The maximum atomic E-state index is 13.2. The number of nitrogens with zero attached hydrogens (tertiary/aromatic N) is 3. The fraction of sp³-hybridized carbons (Fsp3) is 0.619. The van der Waals surface area contributed by atoms with Crippen molar-refractivity contribution in [3.63, 3.8) is 0 Å². The number of nitrogens with one attached hydrogen (secondary N) is 1. The molecule has 0 fully saturated rings. The number of hydrogen-bond donors (Lipinski definition) is 1. The van der Waals surface area contributed by atoms with Gasteiger partial charge in [0.2, 0.25) is 5.91 Å². The van der Waals surface area contributed by atoms with Gasteiger partial charge >= 0.3 is 0 Å². The minimum atomic E-state index is -0.930. The maximum Gasteiger partial charge on any atom is 0.263 e. The molecule has 0 bridgehead atoms. The van der Waals surface area contributed by atoms with Crippen LogP contribution >= 0.6 is 23.1 Å². The molecule has 29 heavy (non-hydrogen) atoms. The van der Waals surface area contributed by atoms with Gasteiger partial charge in [0.15, 0.2) is 5.16 Å². The number of amides is 1. The maximum absolute atomic E-state index is 13.2. The number of aromatic nitrogens is 2. The van der Waals surface area contributed by atoms with E-state index in [2.05, 4.69) is 11.4 Å². The Bertz CT molecular complexity index is 1030. The quantitative estimate of drug-likeness (QED) is 0.530. The first-order valence-electron chi connectivity index (χ1n) is 10.2. The van der Waals surface area contributed by atoms with Crippen LogP contribution in [0.25, 0.3) is 10.2 Å². The number of carbonyl (C=O) groups is 1. The molecular weight excluding hydrogens is 404 g/mol. The molecule has 8 heteroatoms. The zero-order valence-electron chi connectivity index (χ0n) is 17.7. The standard InChI is InChI=1S/C21H28N4O2S2/c1-6-10-25-19(27)16-14-8-7-9-15(14)29-18(16)23-20(25)28-13(4)17(26)24-21(5,11-22)12(2)3/h12-13H,6-10H2,1-5H3,(H,24,26). The lowest BCUT2D eigenvalue weighted by Gasteiger charge is -2.28. The van der Waals surface area contributed by atoms with Crippen LogP contribution in [0.15, 0.2) is 9.95 Å². The predicted molar refractivity (Wildman–Crippen MR) is 119 cm³/mol. The van der Waals surface area contributed by atoms with Gasteiger partial charge in [-0.25, -0.2) is 4.98 Å². The van der Waals surface area contributed by atoms with Crippen LogP contribution in [-0.4, -0.2) is 26.2 Å². The van der Waals surface area contributed by atoms with E-state index in [4.69, 9.17) is 4.98 Å². The summed E-state index contributed by atoms with van der Waals surface area (Å²) in [6, 6.07) is 2.20. The van der Waals surface area contributed by atoms with Crippen LogP contribution in [0.2, 0.25) is 0 Å². The third kappa shape index (κ3) is 4.08. The Balaban J connectivity index is 1.93. The molecule has 1 N–H and O–H groups in total. The Kier molecular flexibility index (Phi) is 6.39. The molecule has 0 spiro atoms. The summed E-state index contributed by atoms with van der Waals surface area (Å²) in [7, 11) is 0. The van der Waals surface area contributed by atoms with Crippen LogP contribution in [0.3, 0.4) is 0 Å². The Morgan fingerprint density at radius 1 is 1.41 bits per heavy atom. The SMILES string of the molecule is CCCn1c(SC(C)C(=O)NC(C)(C#N)C(C)C)nc2sc3c(c2c1=O)CCC3. The van der Waals surface area contributed by atoms with Crippen LogP contribution in [0.1, 0.15) is 57.9 Å². The zero-order valence-corrected chi connectivity index (χ0v) is 19.3. The van der Waals surface area contributed by atoms with Gasteiger partial charge in [0.05, 0.1) is 16.7 Å². The minimum absolute atomic E-state index is 0.00963. The van der Waals surface area contributed by atoms with E-state index in [1.54, 1.807) is 29.8 Å². The van der Waals surface area contributed by atoms with E-state index in [9.17, 15) is 14.9 Å². The normalized spacial score (nSPS) is 16.4. The molecule has 2 aromatic heterocycles. The van der Waals surface area contributed by atoms with Gasteiger partial charge in [-0.2, -0.15) is 5.26 Å². The van der Waals surface area contributed by atoms with Crippen molar-refractivity contribution in [1.29, 1.82) is 5.26 Å². The fourth-order valence-electron chi connectivity index (χ4n) is 3.44. The second-order valence-corrected chi connectivity index (χ2v) is 10.5. The van der Waals surface area contributed by atoms with E-state index in [1.807, 2.05) is 20.8 Å². The molecule has 0 aromatic carbocycles. The van der Waals surface area contributed by atoms with Crippen molar-refractivity contribution < 1.29 is 4.79 Å². The Morgan fingerprint density at radius 2 is 2.14 bits per heavy atom. The smallest absolute Gasteiger partial charge is 0.263 e. The molecule has 2 aromatic rings. The molecule has 0 saturated carbocycles. The number of carbonyl (C=O) groups excluding carboxylic acids is 1. The van der Waals surface area contributed by atoms with E-state index >= 15 is 0 Å². The van der Waals surface area contributed by atoms with Gasteiger partial charge in [0.1, 0.15) is 10.4 Å². The number of thioether (sulfide) groups is 1. The molecule has 1 aliphatic rings. The molecule has 1 amide bonds. The summed E-state index contributed by atoms with van der Waals surface area (Å²) in [4.78, 5) is 32.9. The Hall–Kier alpha value is -1.85. The van der Waals surface area contributed by atoms with Crippen molar-refractivity contribution in [3.8, 4) is 6.07 Å². The van der Waals surface area contributed by atoms with Crippen LogP contribution in [0.5, 0.6) is 0 Å². The van der Waals surface area contributed by atoms with Crippen molar-refractivity contribution in [2.75, 3.05) is 0 Å². The number of fused-ring (bicyclic) bond motifs is 3. The monoisotopic (exact) mass is 432 g/mol. The van der Waals surface area contributed by atoms with Gasteiger partial charge in [0, 0.05) is 11.4 Å². The second-order valence-electron chi connectivity index (χ2n) is 8.11.